The highest BCUT2D eigenvalue weighted by Gasteiger charge is 2.37. The lowest BCUT2D eigenvalue weighted by molar-refractivity contribution is -0.0908. The third kappa shape index (κ3) is 4.13. The molecule has 2 saturated heterocycles. The van der Waals surface area contributed by atoms with Crippen molar-refractivity contribution in [2.45, 2.75) is 52.4 Å². The summed E-state index contributed by atoms with van der Waals surface area (Å²) in [5, 5.41) is 0. The monoisotopic (exact) mass is 389 g/mol. The van der Waals surface area contributed by atoms with Crippen LogP contribution in [-0.4, -0.2) is 60.3 Å². The van der Waals surface area contributed by atoms with Crippen LogP contribution in [0.3, 0.4) is 0 Å². The van der Waals surface area contributed by atoms with E-state index in [1.165, 1.54) is 0 Å². The second-order valence-corrected chi connectivity index (χ2v) is 8.58. The molecule has 0 unspecified atom stereocenters. The summed E-state index contributed by atoms with van der Waals surface area (Å²) in [5.41, 5.74) is 1.55. The highest BCUT2D eigenvalue weighted by atomic mass is 19.1. The van der Waals surface area contributed by atoms with E-state index in [9.17, 15) is 9.18 Å². The number of morpholine rings is 1. The molecule has 0 saturated carbocycles. The first-order valence-corrected chi connectivity index (χ1v) is 9.61. The van der Waals surface area contributed by atoms with Gasteiger partial charge in [0.2, 0.25) is 5.69 Å². The zero-order valence-corrected chi connectivity index (χ0v) is 17.2. The molecule has 2 aliphatic heterocycles. The SMILES string of the molecule is [C-]#[N+]c1c(C)c([C@H]2CN3CCN(C(=O)OC(C)(C)C)C[C@@H]3CO2)cc(C)c1F. The van der Waals surface area contributed by atoms with Crippen molar-refractivity contribution in [1.29, 1.82) is 0 Å². The average molecular weight is 389 g/mol. The maximum Gasteiger partial charge on any atom is 0.410 e. The van der Waals surface area contributed by atoms with Crippen LogP contribution < -0.4 is 0 Å². The molecule has 0 spiro atoms. The fraction of sp³-hybridized carbons (Fsp3) is 0.619. The van der Waals surface area contributed by atoms with Crippen molar-refractivity contribution >= 4 is 11.8 Å². The summed E-state index contributed by atoms with van der Waals surface area (Å²) in [6, 6.07) is 1.90. The summed E-state index contributed by atoms with van der Waals surface area (Å²) in [4.78, 5) is 19.8. The molecule has 1 aromatic rings. The van der Waals surface area contributed by atoms with Crippen LogP contribution in [0.5, 0.6) is 0 Å². The average Bonchev–Trinajstić information content (AvgIpc) is 2.63. The van der Waals surface area contributed by atoms with Gasteiger partial charge in [-0.1, -0.05) is 6.07 Å². The number of hydrogen-bond acceptors (Lipinski definition) is 4. The van der Waals surface area contributed by atoms with Crippen molar-refractivity contribution < 1.29 is 18.7 Å². The second kappa shape index (κ2) is 7.69. The van der Waals surface area contributed by atoms with Gasteiger partial charge in [-0.25, -0.2) is 14.0 Å². The Morgan fingerprint density at radius 1 is 1.32 bits per heavy atom. The van der Waals surface area contributed by atoms with E-state index in [2.05, 4.69) is 9.74 Å². The van der Waals surface area contributed by atoms with Crippen molar-refractivity contribution in [3.63, 3.8) is 0 Å². The van der Waals surface area contributed by atoms with Gasteiger partial charge < -0.3 is 14.4 Å². The van der Waals surface area contributed by atoms with E-state index in [4.69, 9.17) is 16.0 Å². The molecule has 0 aromatic heterocycles. The summed E-state index contributed by atoms with van der Waals surface area (Å²) in [7, 11) is 0. The number of carbonyl (C=O) groups is 1. The molecule has 7 heteroatoms. The zero-order valence-electron chi connectivity index (χ0n) is 17.2. The first kappa shape index (κ1) is 20.6. The van der Waals surface area contributed by atoms with E-state index in [1.54, 1.807) is 24.8 Å². The van der Waals surface area contributed by atoms with Crippen molar-refractivity contribution in [2.75, 3.05) is 32.8 Å². The van der Waals surface area contributed by atoms with Crippen LogP contribution in [0.25, 0.3) is 4.85 Å². The number of halogens is 1. The van der Waals surface area contributed by atoms with E-state index in [0.29, 0.717) is 37.4 Å². The molecule has 2 heterocycles. The number of fused-ring (bicyclic) bond motifs is 1. The number of piperazine rings is 1. The first-order valence-electron chi connectivity index (χ1n) is 9.61. The van der Waals surface area contributed by atoms with Gasteiger partial charge in [0, 0.05) is 26.2 Å². The van der Waals surface area contributed by atoms with Gasteiger partial charge in [-0.15, -0.1) is 0 Å². The number of ether oxygens (including phenoxy) is 2. The molecular weight excluding hydrogens is 361 g/mol. The van der Waals surface area contributed by atoms with Gasteiger partial charge >= 0.3 is 6.09 Å². The zero-order chi connectivity index (χ0) is 20.6. The van der Waals surface area contributed by atoms with Crippen molar-refractivity contribution in [2.24, 2.45) is 0 Å². The van der Waals surface area contributed by atoms with E-state index in [1.807, 2.05) is 20.8 Å². The fourth-order valence-corrected chi connectivity index (χ4v) is 3.83. The van der Waals surface area contributed by atoms with Crippen LogP contribution in [0.4, 0.5) is 14.9 Å². The molecule has 6 nitrogen and oxygen atoms in total. The Morgan fingerprint density at radius 3 is 2.68 bits per heavy atom. The van der Waals surface area contributed by atoms with E-state index in [0.717, 1.165) is 12.1 Å². The summed E-state index contributed by atoms with van der Waals surface area (Å²) in [5.74, 6) is -0.448. The Hall–Kier alpha value is -2.17. The summed E-state index contributed by atoms with van der Waals surface area (Å²) >= 11 is 0. The Balaban J connectivity index is 1.70. The summed E-state index contributed by atoms with van der Waals surface area (Å²) in [6.07, 6.45) is -0.495. The van der Waals surface area contributed by atoms with Gasteiger partial charge in [0.25, 0.3) is 0 Å². The van der Waals surface area contributed by atoms with E-state index < -0.39 is 11.4 Å². The van der Waals surface area contributed by atoms with Crippen molar-refractivity contribution in [3.8, 4) is 0 Å². The lowest BCUT2D eigenvalue weighted by atomic mass is 9.96. The summed E-state index contributed by atoms with van der Waals surface area (Å²) < 4.78 is 25.8. The number of nitrogens with zero attached hydrogens (tertiary/aromatic N) is 3. The maximum atomic E-state index is 14.2. The lowest BCUT2D eigenvalue weighted by Crippen LogP contribution is -2.60. The smallest absolute Gasteiger partial charge is 0.410 e. The largest absolute Gasteiger partial charge is 0.444 e. The minimum atomic E-state index is -0.513. The minimum Gasteiger partial charge on any atom is -0.444 e. The number of hydrogen-bond donors (Lipinski definition) is 0. The number of aryl methyl sites for hydroxylation is 1. The predicted octanol–water partition coefficient (Wildman–Crippen LogP) is 3.99. The van der Waals surface area contributed by atoms with Crippen LogP contribution in [0.2, 0.25) is 0 Å². The van der Waals surface area contributed by atoms with Crippen LogP contribution in [0.1, 0.15) is 43.6 Å². The fourth-order valence-electron chi connectivity index (χ4n) is 3.83. The highest BCUT2D eigenvalue weighted by Crippen LogP contribution is 2.36. The van der Waals surface area contributed by atoms with Crippen molar-refractivity contribution in [1.82, 2.24) is 9.80 Å². The van der Waals surface area contributed by atoms with E-state index >= 15 is 0 Å². The van der Waals surface area contributed by atoms with Gasteiger partial charge in [0.1, 0.15) is 11.4 Å². The molecule has 0 N–H and O–H groups in total. The third-order valence-electron chi connectivity index (χ3n) is 5.32. The molecule has 2 fully saturated rings. The van der Waals surface area contributed by atoms with Crippen LogP contribution >= 0.6 is 0 Å². The Kier molecular flexibility index (Phi) is 5.64. The Morgan fingerprint density at radius 2 is 2.04 bits per heavy atom. The number of amides is 1. The minimum absolute atomic E-state index is 0.0791. The van der Waals surface area contributed by atoms with Gasteiger partial charge in [-0.3, -0.25) is 4.90 Å². The molecule has 28 heavy (non-hydrogen) atoms. The van der Waals surface area contributed by atoms with Crippen LogP contribution in [0, 0.1) is 26.2 Å². The molecule has 0 bridgehead atoms. The lowest BCUT2D eigenvalue weighted by Gasteiger charge is -2.46. The van der Waals surface area contributed by atoms with Crippen LogP contribution in [-0.2, 0) is 9.47 Å². The quantitative estimate of drug-likeness (QED) is 0.682. The molecule has 1 amide bonds. The molecular formula is C21H28FN3O3. The third-order valence-corrected chi connectivity index (χ3v) is 5.32. The van der Waals surface area contributed by atoms with Crippen molar-refractivity contribution in [3.05, 3.63) is 40.0 Å². The first-order chi connectivity index (χ1) is 13.1. The number of rotatable bonds is 1. The van der Waals surface area contributed by atoms with Gasteiger partial charge in [-0.2, -0.15) is 0 Å². The van der Waals surface area contributed by atoms with E-state index in [-0.39, 0.29) is 23.9 Å². The Bertz CT molecular complexity index is 813. The van der Waals surface area contributed by atoms with Gasteiger partial charge in [0.15, 0.2) is 0 Å². The molecule has 2 aliphatic rings. The maximum absolute atomic E-state index is 14.2. The van der Waals surface area contributed by atoms with Gasteiger partial charge in [-0.05, 0) is 51.3 Å². The standard InChI is InChI=1S/C21H28FN3O3/c1-13-9-16(14(2)19(23-6)18(13)22)17-11-24-7-8-25(10-15(24)12-27-17)20(26)28-21(3,4)5/h9,15,17H,7-8,10-12H2,1-5H3/t15-,17-/m1/s1. The molecule has 0 aliphatic carbocycles. The normalized spacial score (nSPS) is 23.1. The number of carbonyl (C=O) groups excluding carboxylic acids is 1. The molecule has 3 rings (SSSR count). The topological polar surface area (TPSA) is 46.4 Å². The van der Waals surface area contributed by atoms with Crippen LogP contribution in [0.15, 0.2) is 6.07 Å². The summed E-state index contributed by atoms with van der Waals surface area (Å²) in [6.45, 7) is 19.4. The van der Waals surface area contributed by atoms with Gasteiger partial charge in [0.05, 0.1) is 25.3 Å². The highest BCUT2D eigenvalue weighted by molar-refractivity contribution is 5.68. The Labute approximate surface area is 166 Å². The number of benzene rings is 1. The second-order valence-electron chi connectivity index (χ2n) is 8.58. The predicted molar refractivity (Wildman–Crippen MR) is 104 cm³/mol. The molecule has 152 valence electrons. The molecule has 0 radical (unpaired) electrons. The molecule has 1 aromatic carbocycles. The molecule has 2 atom stereocenters.